The van der Waals surface area contributed by atoms with Crippen molar-refractivity contribution in [1.82, 2.24) is 9.88 Å². The second-order valence-corrected chi connectivity index (χ2v) is 5.31. The van der Waals surface area contributed by atoms with E-state index in [1.54, 1.807) is 12.0 Å². The van der Waals surface area contributed by atoms with Gasteiger partial charge in [-0.2, -0.15) is 0 Å². The lowest BCUT2D eigenvalue weighted by atomic mass is 10.1. The number of nitrogens with zero attached hydrogens (tertiary/aromatic N) is 2. The van der Waals surface area contributed by atoms with Crippen LogP contribution in [0.5, 0.6) is 0 Å². The maximum absolute atomic E-state index is 12.6. The SMILES string of the molecule is COCCN(C(=O)c1ccc(C(=O)O)cn1)C(C)C1CC1. The van der Waals surface area contributed by atoms with Gasteiger partial charge in [0.05, 0.1) is 12.2 Å². The first-order valence-electron chi connectivity index (χ1n) is 7.04. The van der Waals surface area contributed by atoms with Crippen molar-refractivity contribution in [2.45, 2.75) is 25.8 Å². The van der Waals surface area contributed by atoms with Gasteiger partial charge in [0.1, 0.15) is 5.69 Å². The molecule has 2 rings (SSSR count). The Balaban J connectivity index is 2.13. The maximum atomic E-state index is 12.6. The maximum Gasteiger partial charge on any atom is 0.337 e. The van der Waals surface area contributed by atoms with Crippen molar-refractivity contribution < 1.29 is 19.4 Å². The van der Waals surface area contributed by atoms with E-state index in [1.807, 2.05) is 6.92 Å². The molecule has 0 spiro atoms. The minimum Gasteiger partial charge on any atom is -0.478 e. The number of carboxylic acids is 1. The van der Waals surface area contributed by atoms with E-state index in [0.29, 0.717) is 19.1 Å². The van der Waals surface area contributed by atoms with Crippen LogP contribution >= 0.6 is 0 Å². The van der Waals surface area contributed by atoms with Gasteiger partial charge in [-0.1, -0.05) is 0 Å². The highest BCUT2D eigenvalue weighted by atomic mass is 16.5. The molecule has 1 unspecified atom stereocenters. The quantitative estimate of drug-likeness (QED) is 0.827. The molecule has 1 aromatic rings. The molecule has 1 saturated carbocycles. The molecule has 1 aliphatic carbocycles. The van der Waals surface area contributed by atoms with Gasteiger partial charge in [0, 0.05) is 25.9 Å². The number of hydrogen-bond donors (Lipinski definition) is 1. The van der Waals surface area contributed by atoms with Gasteiger partial charge in [-0.3, -0.25) is 9.78 Å². The van der Waals surface area contributed by atoms with E-state index in [1.165, 1.54) is 18.3 Å². The number of methoxy groups -OCH3 is 1. The molecule has 1 heterocycles. The van der Waals surface area contributed by atoms with Gasteiger partial charge < -0.3 is 14.7 Å². The Morgan fingerprint density at radius 2 is 2.19 bits per heavy atom. The van der Waals surface area contributed by atoms with Crippen LogP contribution in [-0.2, 0) is 4.74 Å². The van der Waals surface area contributed by atoms with Crippen LogP contribution in [0.2, 0.25) is 0 Å². The van der Waals surface area contributed by atoms with E-state index >= 15 is 0 Å². The fraction of sp³-hybridized carbons (Fsp3) is 0.533. The van der Waals surface area contributed by atoms with E-state index in [2.05, 4.69) is 4.98 Å². The number of aromatic nitrogens is 1. The number of carboxylic acid groups (broad SMARTS) is 1. The first-order chi connectivity index (χ1) is 10.0. The summed E-state index contributed by atoms with van der Waals surface area (Å²) in [5.74, 6) is -0.684. The summed E-state index contributed by atoms with van der Waals surface area (Å²) < 4.78 is 5.07. The molecule has 0 radical (unpaired) electrons. The lowest BCUT2D eigenvalue weighted by molar-refractivity contribution is 0.0587. The number of pyridine rings is 1. The Bertz CT molecular complexity index is 511. The van der Waals surface area contributed by atoms with E-state index < -0.39 is 5.97 Å². The fourth-order valence-electron chi connectivity index (χ4n) is 2.31. The summed E-state index contributed by atoms with van der Waals surface area (Å²) in [5.41, 5.74) is 0.342. The molecular formula is C15H20N2O4. The Morgan fingerprint density at radius 3 is 2.67 bits per heavy atom. The second kappa shape index (κ2) is 6.67. The zero-order chi connectivity index (χ0) is 15.4. The molecule has 1 amide bonds. The molecule has 1 fully saturated rings. The van der Waals surface area contributed by atoms with Gasteiger partial charge in [0.25, 0.3) is 5.91 Å². The van der Waals surface area contributed by atoms with Crippen LogP contribution in [0.1, 0.15) is 40.6 Å². The Morgan fingerprint density at radius 1 is 1.48 bits per heavy atom. The number of carbonyl (C=O) groups excluding carboxylic acids is 1. The lowest BCUT2D eigenvalue weighted by Crippen LogP contribution is -2.42. The summed E-state index contributed by atoms with van der Waals surface area (Å²) in [6, 6.07) is 3.01. The number of hydrogen-bond acceptors (Lipinski definition) is 4. The van der Waals surface area contributed by atoms with Crippen molar-refractivity contribution in [3.63, 3.8) is 0 Å². The number of rotatable bonds is 7. The molecule has 1 aromatic heterocycles. The minimum absolute atomic E-state index is 0.0743. The summed E-state index contributed by atoms with van der Waals surface area (Å²) >= 11 is 0. The van der Waals surface area contributed by atoms with Crippen LogP contribution < -0.4 is 0 Å². The van der Waals surface area contributed by atoms with Crippen LogP contribution in [0.15, 0.2) is 18.3 Å². The van der Waals surface area contributed by atoms with Gasteiger partial charge in [0.15, 0.2) is 0 Å². The smallest absolute Gasteiger partial charge is 0.337 e. The third-order valence-corrected chi connectivity index (χ3v) is 3.82. The van der Waals surface area contributed by atoms with E-state index in [4.69, 9.17) is 9.84 Å². The monoisotopic (exact) mass is 292 g/mol. The molecule has 0 aliphatic heterocycles. The lowest BCUT2D eigenvalue weighted by Gasteiger charge is -2.29. The fourth-order valence-corrected chi connectivity index (χ4v) is 2.31. The molecule has 6 nitrogen and oxygen atoms in total. The van der Waals surface area contributed by atoms with Gasteiger partial charge in [-0.05, 0) is 37.8 Å². The second-order valence-electron chi connectivity index (χ2n) is 5.31. The molecule has 1 N–H and O–H groups in total. The van der Waals surface area contributed by atoms with Crippen LogP contribution in [0.25, 0.3) is 0 Å². The summed E-state index contributed by atoms with van der Waals surface area (Å²) in [4.78, 5) is 29.1. The largest absolute Gasteiger partial charge is 0.478 e. The normalized spacial score (nSPS) is 15.5. The first-order valence-corrected chi connectivity index (χ1v) is 7.04. The molecule has 114 valence electrons. The summed E-state index contributed by atoms with van der Waals surface area (Å²) in [6.07, 6.45) is 3.50. The average molecular weight is 292 g/mol. The highest BCUT2D eigenvalue weighted by molar-refractivity contribution is 5.94. The zero-order valence-electron chi connectivity index (χ0n) is 12.3. The third-order valence-electron chi connectivity index (χ3n) is 3.82. The van der Waals surface area contributed by atoms with Crippen molar-refractivity contribution >= 4 is 11.9 Å². The van der Waals surface area contributed by atoms with Crippen molar-refractivity contribution in [2.75, 3.05) is 20.3 Å². The number of amides is 1. The Kier molecular flexibility index (Phi) is 4.90. The predicted molar refractivity (Wildman–Crippen MR) is 76.3 cm³/mol. The van der Waals surface area contributed by atoms with Crippen molar-refractivity contribution in [3.05, 3.63) is 29.6 Å². The molecule has 0 bridgehead atoms. The van der Waals surface area contributed by atoms with Crippen molar-refractivity contribution in [2.24, 2.45) is 5.92 Å². The Hall–Kier alpha value is -1.95. The predicted octanol–water partition coefficient (Wildman–Crippen LogP) is 1.67. The van der Waals surface area contributed by atoms with Crippen LogP contribution in [0.3, 0.4) is 0 Å². The molecule has 1 aliphatic rings. The molecule has 0 saturated heterocycles. The first kappa shape index (κ1) is 15.4. The third kappa shape index (κ3) is 3.78. The van der Waals surface area contributed by atoms with Gasteiger partial charge in [-0.25, -0.2) is 4.79 Å². The van der Waals surface area contributed by atoms with E-state index in [-0.39, 0.29) is 23.2 Å². The zero-order valence-corrected chi connectivity index (χ0v) is 12.3. The average Bonchev–Trinajstić information content (AvgIpc) is 3.32. The number of carbonyl (C=O) groups is 2. The van der Waals surface area contributed by atoms with Crippen molar-refractivity contribution in [3.8, 4) is 0 Å². The summed E-state index contributed by atoms with van der Waals surface area (Å²) in [5, 5.41) is 8.86. The van der Waals surface area contributed by atoms with Crippen LogP contribution in [-0.4, -0.2) is 53.2 Å². The van der Waals surface area contributed by atoms with Gasteiger partial charge in [0.2, 0.25) is 0 Å². The Labute approximate surface area is 123 Å². The van der Waals surface area contributed by atoms with E-state index in [9.17, 15) is 9.59 Å². The van der Waals surface area contributed by atoms with Gasteiger partial charge >= 0.3 is 5.97 Å². The topological polar surface area (TPSA) is 79.7 Å². The highest BCUT2D eigenvalue weighted by Crippen LogP contribution is 2.35. The molecule has 21 heavy (non-hydrogen) atoms. The highest BCUT2D eigenvalue weighted by Gasteiger charge is 2.34. The standard InChI is InChI=1S/C15H20N2O4/c1-10(11-3-4-11)17(7-8-21-2)14(18)13-6-5-12(9-16-13)15(19)20/h5-6,9-11H,3-4,7-8H2,1-2H3,(H,19,20). The minimum atomic E-state index is -1.05. The van der Waals surface area contributed by atoms with Gasteiger partial charge in [-0.15, -0.1) is 0 Å². The van der Waals surface area contributed by atoms with Crippen molar-refractivity contribution in [1.29, 1.82) is 0 Å². The summed E-state index contributed by atoms with van der Waals surface area (Å²) in [6.45, 7) is 3.02. The number of aromatic carboxylic acids is 1. The molecule has 6 heteroatoms. The van der Waals surface area contributed by atoms with Crippen LogP contribution in [0, 0.1) is 5.92 Å². The molecular weight excluding hydrogens is 272 g/mol. The summed E-state index contributed by atoms with van der Waals surface area (Å²) in [7, 11) is 1.60. The number of ether oxygens (including phenoxy) is 1. The van der Waals surface area contributed by atoms with E-state index in [0.717, 1.165) is 12.8 Å². The van der Waals surface area contributed by atoms with Crippen LogP contribution in [0.4, 0.5) is 0 Å². The molecule has 1 atom stereocenters. The molecule has 0 aromatic carbocycles.